The lowest BCUT2D eigenvalue weighted by atomic mass is 9.82. The Hall–Kier alpha value is -1.04. The molecule has 228 valence electrons. The van der Waals surface area contributed by atoms with E-state index in [-0.39, 0.29) is 31.5 Å². The zero-order valence-corrected chi connectivity index (χ0v) is 23.3. The van der Waals surface area contributed by atoms with Crippen molar-refractivity contribution < 1.29 is 43.8 Å². The average Bonchev–Trinajstić information content (AvgIpc) is 2.85. The summed E-state index contributed by atoms with van der Waals surface area (Å²) in [5, 5.41) is 57.2. The maximum atomic E-state index is 12.5. The molecule has 0 aromatic carbocycles. The van der Waals surface area contributed by atoms with E-state index in [4.69, 9.17) is 35.8 Å². The van der Waals surface area contributed by atoms with E-state index >= 15 is 0 Å². The molecule has 14 heteroatoms. The minimum Gasteiger partial charge on any atom is -0.388 e. The number of hydrogen-bond donors (Lipinski definition) is 9. The van der Waals surface area contributed by atoms with Gasteiger partial charge < -0.3 is 61.5 Å². The van der Waals surface area contributed by atoms with Crippen LogP contribution in [0.4, 0.5) is 4.39 Å². The predicted octanol–water partition coefficient (Wildman–Crippen LogP) is -1.95. The second-order valence-corrected chi connectivity index (χ2v) is 11.9. The van der Waals surface area contributed by atoms with Crippen molar-refractivity contribution in [3.63, 3.8) is 0 Å². The molecule has 3 rings (SSSR count). The topological polar surface area (TPSA) is 218 Å². The van der Waals surface area contributed by atoms with E-state index in [1.165, 1.54) is 13.8 Å². The smallest absolute Gasteiger partial charge is 0.184 e. The summed E-state index contributed by atoms with van der Waals surface area (Å²) in [6.07, 6.45) is -5.55. The van der Waals surface area contributed by atoms with Gasteiger partial charge in [0, 0.05) is 25.0 Å². The van der Waals surface area contributed by atoms with E-state index in [9.17, 15) is 24.8 Å². The standard InChI is InChI=1S/C25H48FN5O8/c1-12-17(32)22(36-11-25(12,4)35)39-20-16(31-23(29)24(2,3)34)9-15(28)19(18(20)33)38-21-14(27)6-5-13(37-21)10-30-8-7-26/h12-22,30,32-35H,5-11,27-28H2,1-4H3,(H2,29,31)/t12-,13+,14?,15+,16-,17?,18?,19?,20?,21-,22-,25?/m1/s1. The Morgan fingerprint density at radius 2 is 1.79 bits per heavy atom. The number of hydrogen-bond acceptors (Lipinski definition) is 12. The largest absolute Gasteiger partial charge is 0.388 e. The van der Waals surface area contributed by atoms with E-state index in [1.54, 1.807) is 13.8 Å². The molecule has 13 nitrogen and oxygen atoms in total. The van der Waals surface area contributed by atoms with Crippen molar-refractivity contribution in [2.24, 2.45) is 17.4 Å². The van der Waals surface area contributed by atoms with Crippen molar-refractivity contribution in [1.82, 2.24) is 10.6 Å². The van der Waals surface area contributed by atoms with Gasteiger partial charge in [-0.05, 0) is 40.0 Å². The Morgan fingerprint density at radius 1 is 1.13 bits per heavy atom. The van der Waals surface area contributed by atoms with Crippen LogP contribution >= 0.6 is 0 Å². The Bertz CT molecular complexity index is 805. The first-order chi connectivity index (χ1) is 18.2. The SMILES string of the molecule is C[C@@H]1C(O)[C@@H](OC2C(O)C(O[C@H]3O[C@H](CNCCF)CCC3N)[C@@H](N)C[C@H]2NC(=N)C(C)(C)O)OCC1(C)O. The summed E-state index contributed by atoms with van der Waals surface area (Å²) in [6, 6.07) is -1.96. The summed E-state index contributed by atoms with van der Waals surface area (Å²) in [4.78, 5) is 0. The number of ether oxygens (including phenoxy) is 4. The highest BCUT2D eigenvalue weighted by Gasteiger charge is 2.51. The van der Waals surface area contributed by atoms with Gasteiger partial charge in [-0.3, -0.25) is 5.41 Å². The number of nitrogens with two attached hydrogens (primary N) is 2. The van der Waals surface area contributed by atoms with Crippen LogP contribution in [-0.4, -0.2) is 125 Å². The van der Waals surface area contributed by atoms with Crippen LogP contribution < -0.4 is 22.1 Å². The molecule has 2 aliphatic heterocycles. The van der Waals surface area contributed by atoms with Gasteiger partial charge in [0.05, 0.1) is 30.4 Å². The van der Waals surface area contributed by atoms with Crippen LogP contribution in [0.1, 0.15) is 47.0 Å². The molecule has 1 saturated carbocycles. The first-order valence-corrected chi connectivity index (χ1v) is 13.7. The lowest BCUT2D eigenvalue weighted by Gasteiger charge is -2.49. The molecule has 3 fully saturated rings. The van der Waals surface area contributed by atoms with Crippen molar-refractivity contribution >= 4 is 5.84 Å². The Labute approximate surface area is 229 Å². The van der Waals surface area contributed by atoms with Crippen LogP contribution in [0.5, 0.6) is 0 Å². The van der Waals surface area contributed by atoms with Crippen LogP contribution in [0.2, 0.25) is 0 Å². The van der Waals surface area contributed by atoms with E-state index in [2.05, 4.69) is 10.6 Å². The Balaban J connectivity index is 1.77. The number of alkyl halides is 1. The molecule has 11 N–H and O–H groups in total. The van der Waals surface area contributed by atoms with Crippen molar-refractivity contribution in [3.8, 4) is 0 Å². The minimum absolute atomic E-state index is 0.0989. The summed E-state index contributed by atoms with van der Waals surface area (Å²) in [5.41, 5.74) is 9.94. The molecule has 12 atom stereocenters. The summed E-state index contributed by atoms with van der Waals surface area (Å²) in [7, 11) is 0. The summed E-state index contributed by atoms with van der Waals surface area (Å²) < 4.78 is 36.4. The number of nitrogens with one attached hydrogen (secondary N) is 3. The minimum atomic E-state index is -1.49. The molecular formula is C25H48FN5O8. The summed E-state index contributed by atoms with van der Waals surface area (Å²) in [5.74, 6) is -0.800. The zero-order chi connectivity index (χ0) is 29.1. The normalized spacial score (nSPS) is 43.7. The number of halogens is 1. The Kier molecular flexibility index (Phi) is 11.1. The van der Waals surface area contributed by atoms with Crippen LogP contribution in [0, 0.1) is 11.3 Å². The summed E-state index contributed by atoms with van der Waals surface area (Å²) >= 11 is 0. The second kappa shape index (κ2) is 13.3. The fourth-order valence-electron chi connectivity index (χ4n) is 5.10. The molecule has 0 aromatic heterocycles. The van der Waals surface area contributed by atoms with E-state index < -0.39 is 78.9 Å². The van der Waals surface area contributed by atoms with E-state index in [1.807, 2.05) is 0 Å². The van der Waals surface area contributed by atoms with Crippen molar-refractivity contribution in [2.45, 2.75) is 119 Å². The monoisotopic (exact) mass is 565 g/mol. The third kappa shape index (κ3) is 8.04. The maximum Gasteiger partial charge on any atom is 0.184 e. The van der Waals surface area contributed by atoms with Gasteiger partial charge in [0.15, 0.2) is 12.6 Å². The highest BCUT2D eigenvalue weighted by Crippen LogP contribution is 2.34. The van der Waals surface area contributed by atoms with Crippen molar-refractivity contribution in [2.75, 3.05) is 26.4 Å². The molecule has 0 radical (unpaired) electrons. The molecule has 1 aliphatic carbocycles. The van der Waals surface area contributed by atoms with E-state index in [0.29, 0.717) is 19.4 Å². The highest BCUT2D eigenvalue weighted by molar-refractivity contribution is 5.86. The van der Waals surface area contributed by atoms with Crippen LogP contribution in [0.3, 0.4) is 0 Å². The molecule has 3 aliphatic rings. The fraction of sp³-hybridized carbons (Fsp3) is 0.960. The van der Waals surface area contributed by atoms with Gasteiger partial charge in [-0.1, -0.05) is 6.92 Å². The van der Waals surface area contributed by atoms with Gasteiger partial charge in [-0.15, -0.1) is 0 Å². The zero-order valence-electron chi connectivity index (χ0n) is 23.3. The molecular weight excluding hydrogens is 517 g/mol. The molecule has 39 heavy (non-hydrogen) atoms. The second-order valence-electron chi connectivity index (χ2n) is 11.9. The quantitative estimate of drug-likeness (QED) is 0.0802. The molecule has 2 heterocycles. The number of amidine groups is 1. The molecule has 6 unspecified atom stereocenters. The van der Waals surface area contributed by atoms with Crippen LogP contribution in [-0.2, 0) is 18.9 Å². The first-order valence-electron chi connectivity index (χ1n) is 13.7. The fourth-order valence-corrected chi connectivity index (χ4v) is 5.10. The first kappa shape index (κ1) is 32.5. The van der Waals surface area contributed by atoms with Crippen molar-refractivity contribution in [1.29, 1.82) is 5.41 Å². The van der Waals surface area contributed by atoms with Gasteiger partial charge in [0.25, 0.3) is 0 Å². The highest BCUT2D eigenvalue weighted by atomic mass is 19.1. The molecule has 0 spiro atoms. The van der Waals surface area contributed by atoms with E-state index in [0.717, 1.165) is 0 Å². The van der Waals surface area contributed by atoms with Gasteiger partial charge in [-0.25, -0.2) is 4.39 Å². The Morgan fingerprint density at radius 3 is 2.44 bits per heavy atom. The number of aliphatic hydroxyl groups is 4. The number of rotatable bonds is 10. The lowest BCUT2D eigenvalue weighted by molar-refractivity contribution is -0.313. The maximum absolute atomic E-state index is 12.5. The molecule has 2 saturated heterocycles. The van der Waals surface area contributed by atoms with Gasteiger partial charge in [-0.2, -0.15) is 0 Å². The predicted molar refractivity (Wildman–Crippen MR) is 140 cm³/mol. The van der Waals surface area contributed by atoms with Crippen LogP contribution in [0.15, 0.2) is 0 Å². The summed E-state index contributed by atoms with van der Waals surface area (Å²) in [6.45, 7) is 6.15. The third-order valence-electron chi connectivity index (χ3n) is 8.00. The lowest BCUT2D eigenvalue weighted by Crippen LogP contribution is -2.68. The third-order valence-corrected chi connectivity index (χ3v) is 8.00. The molecule has 0 aromatic rings. The molecule has 0 bridgehead atoms. The van der Waals surface area contributed by atoms with Gasteiger partial charge >= 0.3 is 0 Å². The van der Waals surface area contributed by atoms with Gasteiger partial charge in [0.1, 0.15) is 42.5 Å². The van der Waals surface area contributed by atoms with Crippen molar-refractivity contribution in [3.05, 3.63) is 0 Å². The average molecular weight is 566 g/mol. The number of aliphatic hydroxyl groups excluding tert-OH is 2. The van der Waals surface area contributed by atoms with Crippen LogP contribution in [0.25, 0.3) is 0 Å². The van der Waals surface area contributed by atoms with Gasteiger partial charge in [0.2, 0.25) is 0 Å². The molecule has 0 amide bonds.